The van der Waals surface area contributed by atoms with Crippen LogP contribution in [0.4, 0.5) is 5.69 Å². The number of anilines is 1. The van der Waals surface area contributed by atoms with E-state index in [4.69, 9.17) is 15.0 Å². The van der Waals surface area contributed by atoms with Gasteiger partial charge in [0, 0.05) is 5.69 Å². The maximum Gasteiger partial charge on any atom is 0.244 e. The first-order chi connectivity index (χ1) is 9.83. The van der Waals surface area contributed by atoms with Crippen LogP contribution in [-0.4, -0.2) is 25.7 Å². The van der Waals surface area contributed by atoms with Gasteiger partial charge in [-0.2, -0.15) is 4.98 Å². The van der Waals surface area contributed by atoms with Crippen molar-refractivity contribution in [2.24, 2.45) is 0 Å². The molecule has 8 nitrogen and oxygen atoms in total. The van der Waals surface area contributed by atoms with Crippen molar-refractivity contribution >= 4 is 15.7 Å². The summed E-state index contributed by atoms with van der Waals surface area (Å²) in [7, 11) is -2.42. The Morgan fingerprint density at radius 3 is 2.67 bits per heavy atom. The molecule has 21 heavy (non-hydrogen) atoms. The first-order valence-corrected chi connectivity index (χ1v) is 7.55. The molecule has 0 radical (unpaired) electrons. The Hall–Kier alpha value is -2.13. The van der Waals surface area contributed by atoms with E-state index in [1.807, 2.05) is 0 Å². The van der Waals surface area contributed by atoms with Crippen LogP contribution in [0.25, 0.3) is 0 Å². The van der Waals surface area contributed by atoms with E-state index in [-0.39, 0.29) is 23.1 Å². The van der Waals surface area contributed by atoms with Gasteiger partial charge in [-0.3, -0.25) is 0 Å². The van der Waals surface area contributed by atoms with Crippen LogP contribution in [0.3, 0.4) is 0 Å². The molecule has 0 spiro atoms. The number of benzene rings is 1. The topological polar surface area (TPSA) is 120 Å². The SMILES string of the molecule is COc1cc(C)c(N)cc1S(=O)(=O)NCc1nc(C)no1. The number of sulfonamides is 1. The number of methoxy groups -OCH3 is 1. The molecule has 0 saturated heterocycles. The molecule has 114 valence electrons. The maximum atomic E-state index is 12.3. The van der Waals surface area contributed by atoms with Crippen molar-refractivity contribution in [3.63, 3.8) is 0 Å². The van der Waals surface area contributed by atoms with Crippen LogP contribution in [0, 0.1) is 13.8 Å². The minimum Gasteiger partial charge on any atom is -0.495 e. The number of ether oxygens (including phenoxy) is 1. The molecule has 0 saturated carbocycles. The molecular weight excluding hydrogens is 296 g/mol. The van der Waals surface area contributed by atoms with E-state index in [0.29, 0.717) is 11.5 Å². The number of hydrogen-bond donors (Lipinski definition) is 2. The Balaban J connectivity index is 2.28. The largest absolute Gasteiger partial charge is 0.495 e. The second-order valence-corrected chi connectivity index (χ2v) is 6.15. The van der Waals surface area contributed by atoms with Crippen LogP contribution in [0.2, 0.25) is 0 Å². The number of rotatable bonds is 5. The highest BCUT2D eigenvalue weighted by Crippen LogP contribution is 2.28. The lowest BCUT2D eigenvalue weighted by Crippen LogP contribution is -2.24. The maximum absolute atomic E-state index is 12.3. The van der Waals surface area contributed by atoms with E-state index in [9.17, 15) is 8.42 Å². The van der Waals surface area contributed by atoms with Crippen molar-refractivity contribution < 1.29 is 17.7 Å². The van der Waals surface area contributed by atoms with Gasteiger partial charge in [0.2, 0.25) is 15.9 Å². The molecule has 2 rings (SSSR count). The summed E-state index contributed by atoms with van der Waals surface area (Å²) in [5.41, 5.74) is 6.86. The Morgan fingerprint density at radius 2 is 2.10 bits per heavy atom. The third kappa shape index (κ3) is 3.31. The summed E-state index contributed by atoms with van der Waals surface area (Å²) < 4.78 is 37.0. The molecule has 1 aromatic carbocycles. The average Bonchev–Trinajstić information content (AvgIpc) is 2.85. The predicted octanol–water partition coefficient (Wildman–Crippen LogP) is 0.756. The van der Waals surface area contributed by atoms with Crippen molar-refractivity contribution in [2.75, 3.05) is 12.8 Å². The Morgan fingerprint density at radius 1 is 1.38 bits per heavy atom. The standard InChI is InChI=1S/C12H16N4O4S/c1-7-4-10(19-3)11(5-9(7)13)21(17,18)14-6-12-15-8(2)16-20-12/h4-5,14H,6,13H2,1-3H3. The molecule has 0 unspecified atom stereocenters. The molecule has 0 aliphatic heterocycles. The zero-order valence-electron chi connectivity index (χ0n) is 11.9. The Bertz CT molecular complexity index is 755. The minimum absolute atomic E-state index is 0.0377. The van der Waals surface area contributed by atoms with E-state index >= 15 is 0 Å². The number of nitrogen functional groups attached to an aromatic ring is 1. The molecule has 0 atom stereocenters. The third-order valence-electron chi connectivity index (χ3n) is 2.82. The number of nitrogens with one attached hydrogen (secondary N) is 1. The van der Waals surface area contributed by atoms with E-state index < -0.39 is 10.0 Å². The minimum atomic E-state index is -3.81. The van der Waals surface area contributed by atoms with E-state index in [1.54, 1.807) is 19.9 Å². The van der Waals surface area contributed by atoms with Crippen molar-refractivity contribution in [2.45, 2.75) is 25.3 Å². The molecule has 1 aromatic heterocycles. The fourth-order valence-electron chi connectivity index (χ4n) is 1.69. The molecule has 2 aromatic rings. The number of aryl methyl sites for hydroxylation is 2. The molecule has 0 aliphatic rings. The van der Waals surface area contributed by atoms with Crippen LogP contribution < -0.4 is 15.2 Å². The first-order valence-electron chi connectivity index (χ1n) is 6.06. The summed E-state index contributed by atoms with van der Waals surface area (Å²) in [6, 6.07) is 2.93. The van der Waals surface area contributed by atoms with E-state index in [1.165, 1.54) is 13.2 Å². The lowest BCUT2D eigenvalue weighted by molar-refractivity contribution is 0.371. The summed E-state index contributed by atoms with van der Waals surface area (Å²) in [6.45, 7) is 3.30. The van der Waals surface area contributed by atoms with Gasteiger partial charge < -0.3 is 15.0 Å². The van der Waals surface area contributed by atoms with Gasteiger partial charge in [0.25, 0.3) is 0 Å². The van der Waals surface area contributed by atoms with Crippen LogP contribution in [0.1, 0.15) is 17.3 Å². The highest BCUT2D eigenvalue weighted by molar-refractivity contribution is 7.89. The van der Waals surface area contributed by atoms with Gasteiger partial charge in [-0.1, -0.05) is 5.16 Å². The van der Waals surface area contributed by atoms with E-state index in [0.717, 1.165) is 5.56 Å². The Kier molecular flexibility index (Phi) is 4.14. The van der Waals surface area contributed by atoms with Gasteiger partial charge in [-0.25, -0.2) is 13.1 Å². The van der Waals surface area contributed by atoms with Crippen molar-refractivity contribution in [3.05, 3.63) is 29.4 Å². The van der Waals surface area contributed by atoms with Crippen molar-refractivity contribution in [1.82, 2.24) is 14.9 Å². The van der Waals surface area contributed by atoms with Gasteiger partial charge in [0.15, 0.2) is 5.82 Å². The summed E-state index contributed by atoms with van der Waals surface area (Å²) >= 11 is 0. The summed E-state index contributed by atoms with van der Waals surface area (Å²) in [5, 5.41) is 3.58. The van der Waals surface area contributed by atoms with Crippen LogP contribution in [0.15, 0.2) is 21.6 Å². The van der Waals surface area contributed by atoms with Gasteiger partial charge in [-0.05, 0) is 31.5 Å². The number of hydrogen-bond acceptors (Lipinski definition) is 7. The van der Waals surface area contributed by atoms with Crippen LogP contribution >= 0.6 is 0 Å². The van der Waals surface area contributed by atoms with Crippen LogP contribution in [-0.2, 0) is 16.6 Å². The summed E-state index contributed by atoms with van der Waals surface area (Å²) in [6.07, 6.45) is 0. The molecule has 0 bridgehead atoms. The fourth-order valence-corrected chi connectivity index (χ4v) is 2.85. The highest BCUT2D eigenvalue weighted by Gasteiger charge is 2.21. The number of aromatic nitrogens is 2. The fraction of sp³-hybridized carbons (Fsp3) is 0.333. The molecule has 1 heterocycles. The highest BCUT2D eigenvalue weighted by atomic mass is 32.2. The van der Waals surface area contributed by atoms with Gasteiger partial charge in [-0.15, -0.1) is 0 Å². The monoisotopic (exact) mass is 312 g/mol. The molecule has 3 N–H and O–H groups in total. The van der Waals surface area contributed by atoms with E-state index in [2.05, 4.69) is 14.9 Å². The second kappa shape index (κ2) is 5.70. The zero-order chi connectivity index (χ0) is 15.6. The Labute approximate surface area is 122 Å². The molecular formula is C12H16N4O4S. The molecule has 0 aliphatic carbocycles. The number of nitrogens with two attached hydrogens (primary N) is 1. The lowest BCUT2D eigenvalue weighted by Gasteiger charge is -2.12. The zero-order valence-corrected chi connectivity index (χ0v) is 12.7. The van der Waals surface area contributed by atoms with Gasteiger partial charge in [0.05, 0.1) is 13.7 Å². The normalized spacial score (nSPS) is 11.6. The quantitative estimate of drug-likeness (QED) is 0.782. The molecule has 0 fully saturated rings. The lowest BCUT2D eigenvalue weighted by atomic mass is 10.2. The third-order valence-corrected chi connectivity index (χ3v) is 4.25. The molecule has 9 heteroatoms. The van der Waals surface area contributed by atoms with Gasteiger partial charge in [0.1, 0.15) is 10.6 Å². The predicted molar refractivity (Wildman–Crippen MR) is 75.2 cm³/mol. The van der Waals surface area contributed by atoms with Crippen molar-refractivity contribution in [3.8, 4) is 5.75 Å². The summed E-state index contributed by atoms with van der Waals surface area (Å²) in [5.74, 6) is 0.826. The van der Waals surface area contributed by atoms with Crippen LogP contribution in [0.5, 0.6) is 5.75 Å². The molecule has 0 amide bonds. The second-order valence-electron chi connectivity index (χ2n) is 4.42. The average molecular weight is 312 g/mol. The van der Waals surface area contributed by atoms with Crippen molar-refractivity contribution in [1.29, 1.82) is 0 Å². The number of nitrogens with zero attached hydrogens (tertiary/aromatic N) is 2. The smallest absolute Gasteiger partial charge is 0.244 e. The summed E-state index contributed by atoms with van der Waals surface area (Å²) in [4.78, 5) is 3.88. The van der Waals surface area contributed by atoms with Gasteiger partial charge >= 0.3 is 0 Å². The first kappa shape index (κ1) is 15.3.